The Kier molecular flexibility index (Phi) is 10.1. The summed E-state index contributed by atoms with van der Waals surface area (Å²) in [5.41, 5.74) is 16.1. The fourth-order valence-electron chi connectivity index (χ4n) is 8.34. The van der Waals surface area contributed by atoms with Crippen LogP contribution in [0.4, 0.5) is 0 Å². The second-order valence-corrected chi connectivity index (χ2v) is 15.5. The number of fused-ring (bicyclic) bond motifs is 1. The van der Waals surface area contributed by atoms with Crippen LogP contribution in [0, 0.1) is 26.8 Å². The number of phenols is 1. The van der Waals surface area contributed by atoms with E-state index in [1.165, 1.54) is 5.56 Å². The van der Waals surface area contributed by atoms with Crippen molar-refractivity contribution in [3.8, 4) is 89.7 Å². The number of phenolic OH excluding ortho intramolecular Hbond substituents is 1. The van der Waals surface area contributed by atoms with Gasteiger partial charge < -0.3 is 5.11 Å². The normalized spacial score (nSPS) is 12.0. The van der Waals surface area contributed by atoms with Gasteiger partial charge in [0.2, 0.25) is 0 Å². The topological polar surface area (TPSA) is 50.9 Å². The molecule has 4 nitrogen and oxygen atoms in total. The van der Waals surface area contributed by atoms with Crippen LogP contribution in [0.25, 0.3) is 95.0 Å². The van der Waals surface area contributed by atoms with Crippen LogP contribution in [0.3, 0.4) is 0 Å². The standard InChI is InChI=1S/C57H42N3O.Pt/c1-37-22-27-53(50(31-37)44-18-11-6-12-19-44)60-54-21-13-20-49(55(54)59-57(60)51-32-38(2)30-39(3)56(51)61)47-33-46(41-16-9-5-10-17-41)34-48(35-47)52-36-45(28-29-58-52)43-25-23-42(24-26-43)40-14-7-4-8-15-40;/h4-34,36,61H,1-3H3;/q-1;/i1D3;. The zero-order valence-corrected chi connectivity index (χ0v) is 36.4. The molecule has 10 aromatic rings. The first kappa shape index (κ1) is 36.7. The van der Waals surface area contributed by atoms with Gasteiger partial charge in [0.1, 0.15) is 11.6 Å². The van der Waals surface area contributed by atoms with Crippen LogP contribution in [0.15, 0.2) is 194 Å². The van der Waals surface area contributed by atoms with E-state index in [0.717, 1.165) is 83.7 Å². The minimum atomic E-state index is -2.32. The van der Waals surface area contributed by atoms with Gasteiger partial charge in [-0.3, -0.25) is 9.55 Å². The average molecular weight is 983 g/mol. The third-order valence-corrected chi connectivity index (χ3v) is 11.3. The van der Waals surface area contributed by atoms with E-state index >= 15 is 0 Å². The Morgan fingerprint density at radius 1 is 0.516 bits per heavy atom. The SMILES string of the molecule is [2H]C([2H])([2H])c1ccc(-n2c(-c3cc(C)cc(C)c3O)nc3c(-c4[c-]c(-c5cc(-c6ccc(-c7ccccc7)cc6)ccn5)cc(-c5ccccc5)c4)cccc32)c(-c2ccccc2)c1.[Pt]. The van der Waals surface area contributed by atoms with Gasteiger partial charge in [-0.2, -0.15) is 0 Å². The smallest absolute Gasteiger partial charge is 0.148 e. The van der Waals surface area contributed by atoms with Gasteiger partial charge in [0, 0.05) is 42.6 Å². The Morgan fingerprint density at radius 2 is 1.13 bits per heavy atom. The van der Waals surface area contributed by atoms with E-state index in [-0.39, 0.29) is 32.4 Å². The first-order valence-corrected chi connectivity index (χ1v) is 20.4. The van der Waals surface area contributed by atoms with Crippen LogP contribution in [0.5, 0.6) is 5.75 Å². The van der Waals surface area contributed by atoms with Crippen LogP contribution in [0.2, 0.25) is 0 Å². The number of benzene rings is 8. The Labute approximate surface area is 381 Å². The van der Waals surface area contributed by atoms with Gasteiger partial charge in [-0.05, 0) is 95.5 Å². The van der Waals surface area contributed by atoms with E-state index in [1.54, 1.807) is 12.1 Å². The van der Waals surface area contributed by atoms with Crippen LogP contribution in [0.1, 0.15) is 20.8 Å². The Bertz CT molecular complexity index is 3330. The van der Waals surface area contributed by atoms with Gasteiger partial charge >= 0.3 is 0 Å². The van der Waals surface area contributed by atoms with Crippen molar-refractivity contribution in [2.24, 2.45) is 0 Å². The summed E-state index contributed by atoms with van der Waals surface area (Å²) in [6, 6.07) is 66.5. The number of hydrogen-bond acceptors (Lipinski definition) is 3. The molecule has 2 heterocycles. The summed E-state index contributed by atoms with van der Waals surface area (Å²) in [5.74, 6) is 0.655. The predicted molar refractivity (Wildman–Crippen MR) is 252 cm³/mol. The second-order valence-electron chi connectivity index (χ2n) is 15.5. The molecule has 0 atom stereocenters. The van der Waals surface area contributed by atoms with Crippen LogP contribution < -0.4 is 0 Å². The molecule has 302 valence electrons. The van der Waals surface area contributed by atoms with Gasteiger partial charge in [0.15, 0.2) is 0 Å². The quantitative estimate of drug-likeness (QED) is 0.154. The fourth-order valence-corrected chi connectivity index (χ4v) is 8.34. The molecule has 10 rings (SSSR count). The van der Waals surface area contributed by atoms with Gasteiger partial charge in [-0.25, -0.2) is 4.98 Å². The Morgan fingerprint density at radius 3 is 1.82 bits per heavy atom. The first-order valence-electron chi connectivity index (χ1n) is 21.9. The molecule has 0 saturated carbocycles. The number of aromatic nitrogens is 3. The largest absolute Gasteiger partial charge is 0.507 e. The molecule has 0 spiro atoms. The van der Waals surface area contributed by atoms with Crippen molar-refractivity contribution < 1.29 is 30.3 Å². The third-order valence-electron chi connectivity index (χ3n) is 11.3. The summed E-state index contributed by atoms with van der Waals surface area (Å²) in [6.45, 7) is 1.57. The molecule has 0 unspecified atom stereocenters. The molecular weight excluding hydrogens is 938 g/mol. The Balaban J connectivity index is 0.00000533. The molecule has 62 heavy (non-hydrogen) atoms. The zero-order chi connectivity index (χ0) is 44.0. The molecular formula is C57H42N3OPt-. The maximum Gasteiger partial charge on any atom is 0.148 e. The Hall–Kier alpha value is -7.13. The van der Waals surface area contributed by atoms with E-state index in [4.69, 9.17) is 14.1 Å². The molecule has 0 aliphatic carbocycles. The van der Waals surface area contributed by atoms with Crippen molar-refractivity contribution in [3.63, 3.8) is 0 Å². The number of pyridine rings is 1. The molecule has 0 fully saturated rings. The number of aryl methyl sites for hydroxylation is 3. The van der Waals surface area contributed by atoms with Gasteiger partial charge in [0.05, 0.1) is 22.3 Å². The molecule has 0 radical (unpaired) electrons. The summed E-state index contributed by atoms with van der Waals surface area (Å²) in [7, 11) is 0. The van der Waals surface area contributed by atoms with Crippen molar-refractivity contribution >= 4 is 11.0 Å². The van der Waals surface area contributed by atoms with Crippen molar-refractivity contribution in [1.82, 2.24) is 14.5 Å². The zero-order valence-electron chi connectivity index (χ0n) is 37.1. The van der Waals surface area contributed by atoms with Crippen molar-refractivity contribution in [1.29, 1.82) is 0 Å². The third kappa shape index (κ3) is 7.70. The molecule has 0 saturated heterocycles. The molecule has 8 aromatic carbocycles. The minimum absolute atomic E-state index is 0. The van der Waals surface area contributed by atoms with Crippen LogP contribution >= 0.6 is 0 Å². The van der Waals surface area contributed by atoms with Crippen LogP contribution in [-0.4, -0.2) is 19.6 Å². The number of hydrogen-bond donors (Lipinski definition) is 1. The minimum Gasteiger partial charge on any atom is -0.507 e. The molecule has 0 aliphatic heterocycles. The first-order chi connectivity index (χ1) is 31.1. The van der Waals surface area contributed by atoms with Crippen LogP contribution in [-0.2, 0) is 21.1 Å². The van der Waals surface area contributed by atoms with E-state index in [0.29, 0.717) is 16.9 Å². The summed E-state index contributed by atoms with van der Waals surface area (Å²) < 4.78 is 27.0. The molecule has 5 heteroatoms. The molecule has 0 bridgehead atoms. The summed E-state index contributed by atoms with van der Waals surface area (Å²) in [4.78, 5) is 10.3. The van der Waals surface area contributed by atoms with E-state index in [9.17, 15) is 5.11 Å². The van der Waals surface area contributed by atoms with Crippen molar-refractivity contribution in [2.45, 2.75) is 20.7 Å². The number of para-hydroxylation sites is 1. The second kappa shape index (κ2) is 17.1. The van der Waals surface area contributed by atoms with Gasteiger partial charge in [-0.15, -0.1) is 23.8 Å². The molecule has 1 N–H and O–H groups in total. The summed E-state index contributed by atoms with van der Waals surface area (Å²) in [5, 5.41) is 11.7. The number of nitrogens with zero attached hydrogens (tertiary/aromatic N) is 3. The maximum atomic E-state index is 11.7. The summed E-state index contributed by atoms with van der Waals surface area (Å²) >= 11 is 0. The van der Waals surface area contributed by atoms with E-state index in [1.807, 2.05) is 111 Å². The van der Waals surface area contributed by atoms with E-state index in [2.05, 4.69) is 95.6 Å². The molecule has 0 amide bonds. The van der Waals surface area contributed by atoms with Gasteiger partial charge in [0.25, 0.3) is 0 Å². The fraction of sp³-hybridized carbons (Fsp3) is 0.0526. The number of aromatic hydroxyl groups is 1. The summed E-state index contributed by atoms with van der Waals surface area (Å²) in [6.07, 6.45) is 1.85. The van der Waals surface area contributed by atoms with Crippen molar-refractivity contribution in [3.05, 3.63) is 217 Å². The number of imidazole rings is 1. The maximum absolute atomic E-state index is 11.7. The predicted octanol–water partition coefficient (Wildman–Crippen LogP) is 14.5. The molecule has 2 aromatic heterocycles. The molecule has 0 aliphatic rings. The average Bonchev–Trinajstić information content (AvgIpc) is 3.72. The van der Waals surface area contributed by atoms with E-state index < -0.39 is 6.85 Å². The number of rotatable bonds is 8. The van der Waals surface area contributed by atoms with Gasteiger partial charge in [-0.1, -0.05) is 168 Å². The monoisotopic (exact) mass is 982 g/mol. The van der Waals surface area contributed by atoms with Crippen molar-refractivity contribution in [2.75, 3.05) is 0 Å².